The number of thiophene rings is 1. The normalized spacial score (nSPS) is 15.8. The summed E-state index contributed by atoms with van der Waals surface area (Å²) in [6, 6.07) is 18.9. The molecule has 0 radical (unpaired) electrons. The van der Waals surface area contributed by atoms with Crippen LogP contribution in [0.1, 0.15) is 42.3 Å². The molecule has 0 aliphatic carbocycles. The SMILES string of the molecule is CC[C@@H](C)CN(CC(=O)N1CCc2sccc2[C@H]1COc1ccc(Cl)cc1)C(=O)Cc1ccccc1. The quantitative estimate of drug-likeness (QED) is 0.325. The molecule has 0 spiro atoms. The van der Waals surface area contributed by atoms with E-state index < -0.39 is 0 Å². The number of carbonyl (C=O) groups excluding carboxylic acids is 2. The summed E-state index contributed by atoms with van der Waals surface area (Å²) in [6.07, 6.45) is 2.06. The van der Waals surface area contributed by atoms with Gasteiger partial charge in [-0.3, -0.25) is 9.59 Å². The average Bonchev–Trinajstić information content (AvgIpc) is 3.37. The van der Waals surface area contributed by atoms with Gasteiger partial charge in [0.25, 0.3) is 0 Å². The lowest BCUT2D eigenvalue weighted by Crippen LogP contribution is -2.48. The number of hydrogen-bond acceptors (Lipinski definition) is 4. The van der Waals surface area contributed by atoms with E-state index in [4.69, 9.17) is 16.3 Å². The van der Waals surface area contributed by atoms with Crippen molar-refractivity contribution in [3.63, 3.8) is 0 Å². The molecule has 2 atom stereocenters. The number of hydrogen-bond donors (Lipinski definition) is 0. The molecule has 0 saturated carbocycles. The molecule has 36 heavy (non-hydrogen) atoms. The summed E-state index contributed by atoms with van der Waals surface area (Å²) >= 11 is 7.73. The molecule has 4 rings (SSSR count). The summed E-state index contributed by atoms with van der Waals surface area (Å²) in [7, 11) is 0. The van der Waals surface area contributed by atoms with Gasteiger partial charge in [0.05, 0.1) is 19.0 Å². The Morgan fingerprint density at radius 3 is 2.61 bits per heavy atom. The van der Waals surface area contributed by atoms with Crippen LogP contribution in [0.25, 0.3) is 0 Å². The summed E-state index contributed by atoms with van der Waals surface area (Å²) in [5.74, 6) is 0.968. The molecule has 2 aromatic carbocycles. The van der Waals surface area contributed by atoms with Crippen LogP contribution in [-0.4, -0.2) is 47.9 Å². The van der Waals surface area contributed by atoms with Crippen molar-refractivity contribution in [2.24, 2.45) is 5.92 Å². The van der Waals surface area contributed by atoms with Crippen molar-refractivity contribution in [2.45, 2.75) is 39.2 Å². The summed E-state index contributed by atoms with van der Waals surface area (Å²) < 4.78 is 6.09. The predicted molar refractivity (Wildman–Crippen MR) is 146 cm³/mol. The van der Waals surface area contributed by atoms with Crippen LogP contribution in [0.5, 0.6) is 5.75 Å². The third-order valence-corrected chi connectivity index (χ3v) is 7.99. The van der Waals surface area contributed by atoms with Crippen LogP contribution < -0.4 is 4.74 Å². The maximum Gasteiger partial charge on any atom is 0.242 e. The number of fused-ring (bicyclic) bond motifs is 1. The molecule has 0 saturated heterocycles. The minimum Gasteiger partial charge on any atom is -0.491 e. The minimum absolute atomic E-state index is 0.0166. The average molecular weight is 525 g/mol. The maximum absolute atomic E-state index is 13.7. The third-order valence-electron chi connectivity index (χ3n) is 6.74. The van der Waals surface area contributed by atoms with Gasteiger partial charge in [-0.25, -0.2) is 0 Å². The first-order chi connectivity index (χ1) is 17.4. The second-order valence-electron chi connectivity index (χ2n) is 9.37. The van der Waals surface area contributed by atoms with E-state index in [1.54, 1.807) is 28.4 Å². The van der Waals surface area contributed by atoms with Gasteiger partial charge >= 0.3 is 0 Å². The number of halogens is 1. The first-order valence-electron chi connectivity index (χ1n) is 12.5. The van der Waals surface area contributed by atoms with Crippen molar-refractivity contribution in [1.82, 2.24) is 9.80 Å². The second kappa shape index (κ2) is 12.4. The number of carbonyl (C=O) groups is 2. The van der Waals surface area contributed by atoms with Gasteiger partial charge in [0.1, 0.15) is 12.4 Å². The Balaban J connectivity index is 1.50. The number of amides is 2. The van der Waals surface area contributed by atoms with Crippen molar-refractivity contribution < 1.29 is 14.3 Å². The molecule has 190 valence electrons. The largest absolute Gasteiger partial charge is 0.491 e. The molecule has 1 aliphatic rings. The van der Waals surface area contributed by atoms with Crippen molar-refractivity contribution in [3.05, 3.63) is 87.1 Å². The molecule has 0 N–H and O–H groups in total. The van der Waals surface area contributed by atoms with Crippen LogP contribution in [0.3, 0.4) is 0 Å². The number of ether oxygens (including phenoxy) is 1. The molecule has 0 bridgehead atoms. The molecule has 2 amide bonds. The maximum atomic E-state index is 13.7. The highest BCUT2D eigenvalue weighted by Crippen LogP contribution is 2.34. The predicted octanol–water partition coefficient (Wildman–Crippen LogP) is 6.02. The summed E-state index contributed by atoms with van der Waals surface area (Å²) in [5, 5.41) is 2.73. The lowest BCUT2D eigenvalue weighted by atomic mass is 10.00. The molecule has 3 aromatic rings. The van der Waals surface area contributed by atoms with Crippen LogP contribution in [-0.2, 0) is 22.4 Å². The van der Waals surface area contributed by atoms with Gasteiger partial charge in [0, 0.05) is 23.0 Å². The molecule has 2 heterocycles. The van der Waals surface area contributed by atoms with E-state index >= 15 is 0 Å². The molecule has 0 fully saturated rings. The van der Waals surface area contributed by atoms with Crippen molar-refractivity contribution in [2.75, 3.05) is 26.2 Å². The van der Waals surface area contributed by atoms with Crippen LogP contribution in [0, 0.1) is 5.92 Å². The second-order valence-corrected chi connectivity index (χ2v) is 10.8. The molecule has 0 unspecified atom stereocenters. The highest BCUT2D eigenvalue weighted by atomic mass is 35.5. The first kappa shape index (κ1) is 26.2. The van der Waals surface area contributed by atoms with Gasteiger partial charge in [0.15, 0.2) is 0 Å². The monoisotopic (exact) mass is 524 g/mol. The Hall–Kier alpha value is -2.83. The molecule has 5 nitrogen and oxygen atoms in total. The van der Waals surface area contributed by atoms with Gasteiger partial charge in [0.2, 0.25) is 11.8 Å². The molecule has 1 aliphatic heterocycles. The smallest absolute Gasteiger partial charge is 0.242 e. The number of nitrogens with zero attached hydrogens (tertiary/aromatic N) is 2. The Labute approximate surface area is 222 Å². The molecular formula is C29H33ClN2O3S. The van der Waals surface area contributed by atoms with E-state index in [2.05, 4.69) is 25.3 Å². The Bertz CT molecular complexity index is 1150. The summed E-state index contributed by atoms with van der Waals surface area (Å²) in [6.45, 7) is 5.84. The van der Waals surface area contributed by atoms with Crippen molar-refractivity contribution in [3.8, 4) is 5.75 Å². The molecule has 7 heteroatoms. The fourth-order valence-corrected chi connectivity index (χ4v) is 5.53. The third kappa shape index (κ3) is 6.68. The van der Waals surface area contributed by atoms with Crippen molar-refractivity contribution >= 4 is 34.8 Å². The highest BCUT2D eigenvalue weighted by molar-refractivity contribution is 7.10. The van der Waals surface area contributed by atoms with E-state index in [-0.39, 0.29) is 24.4 Å². The summed E-state index contributed by atoms with van der Waals surface area (Å²) in [5.41, 5.74) is 2.09. The number of benzene rings is 2. The van der Waals surface area contributed by atoms with Gasteiger partial charge < -0.3 is 14.5 Å². The zero-order valence-electron chi connectivity index (χ0n) is 20.9. The molecular weight excluding hydrogens is 492 g/mol. The zero-order valence-corrected chi connectivity index (χ0v) is 22.4. The van der Waals surface area contributed by atoms with Gasteiger partial charge in [-0.05, 0) is 59.2 Å². The van der Waals surface area contributed by atoms with E-state index in [1.165, 1.54) is 4.88 Å². The lowest BCUT2D eigenvalue weighted by Gasteiger charge is -2.37. The molecule has 1 aromatic heterocycles. The fourth-order valence-electron chi connectivity index (χ4n) is 4.48. The van der Waals surface area contributed by atoms with Crippen LogP contribution in [0.15, 0.2) is 66.0 Å². The van der Waals surface area contributed by atoms with E-state index in [9.17, 15) is 9.59 Å². The van der Waals surface area contributed by atoms with Crippen LogP contribution >= 0.6 is 22.9 Å². The number of rotatable bonds is 10. The van der Waals surface area contributed by atoms with Crippen LogP contribution in [0.2, 0.25) is 5.02 Å². The highest BCUT2D eigenvalue weighted by Gasteiger charge is 2.33. The Morgan fingerprint density at radius 2 is 1.89 bits per heavy atom. The first-order valence-corrected chi connectivity index (χ1v) is 13.8. The van der Waals surface area contributed by atoms with E-state index in [0.717, 1.165) is 24.0 Å². The minimum atomic E-state index is -0.196. The van der Waals surface area contributed by atoms with Crippen LogP contribution in [0.4, 0.5) is 0 Å². The zero-order chi connectivity index (χ0) is 25.5. The summed E-state index contributed by atoms with van der Waals surface area (Å²) in [4.78, 5) is 31.9. The fraction of sp³-hybridized carbons (Fsp3) is 0.379. The van der Waals surface area contributed by atoms with Crippen molar-refractivity contribution in [1.29, 1.82) is 0 Å². The lowest BCUT2D eigenvalue weighted by molar-refractivity contribution is -0.143. The Morgan fingerprint density at radius 1 is 1.14 bits per heavy atom. The standard InChI is InChI=1S/C29H33ClN2O3S/c1-3-21(2)18-31(28(33)17-22-7-5-4-6-8-22)19-29(34)32-15-13-27-25(14-16-36-27)26(32)20-35-24-11-9-23(30)10-12-24/h4-12,14,16,21,26H,3,13,15,17-20H2,1-2H3/t21-,26-/m1/s1. The van der Waals surface area contributed by atoms with E-state index in [0.29, 0.717) is 42.8 Å². The van der Waals surface area contributed by atoms with Gasteiger partial charge in [-0.1, -0.05) is 62.2 Å². The van der Waals surface area contributed by atoms with E-state index in [1.807, 2.05) is 47.4 Å². The van der Waals surface area contributed by atoms with Gasteiger partial charge in [-0.15, -0.1) is 11.3 Å². The van der Waals surface area contributed by atoms with Gasteiger partial charge in [-0.2, -0.15) is 0 Å². The Kier molecular flexibility index (Phi) is 9.05. The topological polar surface area (TPSA) is 49.9 Å².